The van der Waals surface area contributed by atoms with Gasteiger partial charge < -0.3 is 10.1 Å². The van der Waals surface area contributed by atoms with Crippen LogP contribution < -0.4 is 0 Å². The molecule has 2 rings (SSSR count). The van der Waals surface area contributed by atoms with Crippen molar-refractivity contribution in [1.82, 2.24) is 4.98 Å². The molecule has 1 aromatic carbocycles. The summed E-state index contributed by atoms with van der Waals surface area (Å²) < 4.78 is 0. The number of carboxylic acids is 1. The zero-order chi connectivity index (χ0) is 13.2. The Bertz CT molecular complexity index is 524. The third kappa shape index (κ3) is 2.45. The van der Waals surface area contributed by atoms with Gasteiger partial charge in [0, 0.05) is 12.4 Å². The van der Waals surface area contributed by atoms with Crippen molar-refractivity contribution < 1.29 is 9.90 Å². The van der Waals surface area contributed by atoms with E-state index in [9.17, 15) is 4.79 Å². The third-order valence-corrected chi connectivity index (χ3v) is 3.28. The van der Waals surface area contributed by atoms with Crippen LogP contribution in [0.1, 0.15) is 30.5 Å². The molecule has 0 aliphatic carbocycles. The highest BCUT2D eigenvalue weighted by Crippen LogP contribution is 2.24. The number of aliphatic carboxylic acids is 1. The number of benzene rings is 1. The lowest BCUT2D eigenvalue weighted by Crippen LogP contribution is -2.28. The second-order valence-electron chi connectivity index (χ2n) is 5.02. The molecule has 0 spiro atoms. The van der Waals surface area contributed by atoms with Crippen molar-refractivity contribution in [3.05, 3.63) is 59.4 Å². The summed E-state index contributed by atoms with van der Waals surface area (Å²) in [7, 11) is 0. The number of carbonyl (C=O) groups is 1. The van der Waals surface area contributed by atoms with Gasteiger partial charge in [0.25, 0.3) is 0 Å². The van der Waals surface area contributed by atoms with E-state index < -0.39 is 11.4 Å². The van der Waals surface area contributed by atoms with Crippen LogP contribution in [-0.4, -0.2) is 16.1 Å². The molecule has 2 N–H and O–H groups in total. The van der Waals surface area contributed by atoms with Crippen LogP contribution in [0.15, 0.2) is 42.7 Å². The largest absolute Gasteiger partial charge is 0.481 e. The van der Waals surface area contributed by atoms with Crippen LogP contribution in [0.4, 0.5) is 0 Å². The van der Waals surface area contributed by atoms with Crippen LogP contribution in [0.5, 0.6) is 0 Å². The Morgan fingerprint density at radius 2 is 1.83 bits per heavy atom. The number of aromatic amines is 1. The van der Waals surface area contributed by atoms with Gasteiger partial charge in [0.1, 0.15) is 0 Å². The number of hydrogen-bond donors (Lipinski definition) is 2. The Kier molecular flexibility index (Phi) is 3.24. The molecule has 0 amide bonds. The van der Waals surface area contributed by atoms with Gasteiger partial charge in [0.05, 0.1) is 5.41 Å². The SMILES string of the molecule is CC(C)(C(=O)O)c1ccc(Cc2cc[nH]c2)cc1. The molecule has 0 aliphatic rings. The molecule has 1 aromatic heterocycles. The highest BCUT2D eigenvalue weighted by Gasteiger charge is 2.28. The van der Waals surface area contributed by atoms with Crippen LogP contribution in [0.25, 0.3) is 0 Å². The molecule has 1 heterocycles. The Balaban J connectivity index is 2.18. The molecule has 2 aromatic rings. The molecule has 0 saturated carbocycles. The van der Waals surface area contributed by atoms with Crippen LogP contribution in [0.2, 0.25) is 0 Å². The van der Waals surface area contributed by atoms with E-state index in [1.54, 1.807) is 13.8 Å². The summed E-state index contributed by atoms with van der Waals surface area (Å²) in [5, 5.41) is 9.17. The fraction of sp³-hybridized carbons (Fsp3) is 0.267. The minimum Gasteiger partial charge on any atom is -0.481 e. The highest BCUT2D eigenvalue weighted by atomic mass is 16.4. The molecule has 0 fully saturated rings. The minimum absolute atomic E-state index is 0.805. The van der Waals surface area contributed by atoms with Crippen molar-refractivity contribution >= 4 is 5.97 Å². The van der Waals surface area contributed by atoms with E-state index in [0.29, 0.717) is 0 Å². The van der Waals surface area contributed by atoms with Crippen molar-refractivity contribution in [2.45, 2.75) is 25.7 Å². The quantitative estimate of drug-likeness (QED) is 0.867. The number of hydrogen-bond acceptors (Lipinski definition) is 1. The molecule has 0 atom stereocenters. The monoisotopic (exact) mass is 243 g/mol. The molecule has 3 nitrogen and oxygen atoms in total. The van der Waals surface area contributed by atoms with Crippen molar-refractivity contribution in [2.24, 2.45) is 0 Å². The maximum Gasteiger partial charge on any atom is 0.313 e. The first kappa shape index (κ1) is 12.4. The van der Waals surface area contributed by atoms with Gasteiger partial charge in [-0.15, -0.1) is 0 Å². The first-order valence-electron chi connectivity index (χ1n) is 5.94. The van der Waals surface area contributed by atoms with Crippen molar-refractivity contribution in [2.75, 3.05) is 0 Å². The zero-order valence-corrected chi connectivity index (χ0v) is 10.6. The smallest absolute Gasteiger partial charge is 0.313 e. The van der Waals surface area contributed by atoms with Gasteiger partial charge in [0.2, 0.25) is 0 Å². The molecular formula is C15H17NO2. The Hall–Kier alpha value is -2.03. The molecule has 3 heteroatoms. The molecule has 18 heavy (non-hydrogen) atoms. The van der Waals surface area contributed by atoms with Gasteiger partial charge in [0.15, 0.2) is 0 Å². The van der Waals surface area contributed by atoms with Crippen molar-refractivity contribution in [3.63, 3.8) is 0 Å². The first-order valence-corrected chi connectivity index (χ1v) is 5.94. The third-order valence-electron chi connectivity index (χ3n) is 3.28. The van der Waals surface area contributed by atoms with E-state index in [-0.39, 0.29) is 0 Å². The van der Waals surface area contributed by atoms with Gasteiger partial charge in [-0.05, 0) is 43.0 Å². The topological polar surface area (TPSA) is 53.1 Å². The fourth-order valence-corrected chi connectivity index (χ4v) is 1.87. The highest BCUT2D eigenvalue weighted by molar-refractivity contribution is 5.80. The van der Waals surface area contributed by atoms with Gasteiger partial charge in [-0.25, -0.2) is 0 Å². The van der Waals surface area contributed by atoms with Gasteiger partial charge in [-0.2, -0.15) is 0 Å². The molecule has 0 aliphatic heterocycles. The van der Waals surface area contributed by atoms with E-state index >= 15 is 0 Å². The summed E-state index contributed by atoms with van der Waals surface area (Å²) in [5.74, 6) is -0.805. The van der Waals surface area contributed by atoms with Crippen molar-refractivity contribution in [1.29, 1.82) is 0 Å². The summed E-state index contributed by atoms with van der Waals surface area (Å²) in [5.41, 5.74) is 2.39. The van der Waals surface area contributed by atoms with Crippen LogP contribution in [0, 0.1) is 0 Å². The number of nitrogens with one attached hydrogen (secondary N) is 1. The number of H-pyrrole nitrogens is 1. The molecule has 0 unspecified atom stereocenters. The zero-order valence-electron chi connectivity index (χ0n) is 10.6. The number of aromatic nitrogens is 1. The summed E-state index contributed by atoms with van der Waals surface area (Å²) in [6.07, 6.45) is 4.73. The van der Waals surface area contributed by atoms with E-state index in [1.165, 1.54) is 11.1 Å². The second-order valence-corrected chi connectivity index (χ2v) is 5.02. The van der Waals surface area contributed by atoms with Gasteiger partial charge >= 0.3 is 5.97 Å². The lowest BCUT2D eigenvalue weighted by atomic mass is 9.84. The summed E-state index contributed by atoms with van der Waals surface area (Å²) >= 11 is 0. The number of carboxylic acid groups (broad SMARTS) is 1. The summed E-state index contributed by atoms with van der Waals surface area (Å²) in [6.45, 7) is 3.44. The van der Waals surface area contributed by atoms with Gasteiger partial charge in [-0.1, -0.05) is 24.3 Å². The predicted octanol–water partition coefficient (Wildman–Crippen LogP) is 2.97. The molecule has 94 valence electrons. The van der Waals surface area contributed by atoms with Crippen LogP contribution in [0.3, 0.4) is 0 Å². The van der Waals surface area contributed by atoms with Crippen LogP contribution >= 0.6 is 0 Å². The average molecular weight is 243 g/mol. The van der Waals surface area contributed by atoms with E-state index in [2.05, 4.69) is 4.98 Å². The normalized spacial score (nSPS) is 11.4. The Morgan fingerprint density at radius 3 is 2.33 bits per heavy atom. The summed E-state index contributed by atoms with van der Waals surface area (Å²) in [4.78, 5) is 14.2. The standard InChI is InChI=1S/C15H17NO2/c1-15(2,14(17)18)13-5-3-11(4-6-13)9-12-7-8-16-10-12/h3-8,10,16H,9H2,1-2H3,(H,17,18). The number of rotatable bonds is 4. The van der Waals surface area contributed by atoms with Crippen molar-refractivity contribution in [3.8, 4) is 0 Å². The second kappa shape index (κ2) is 4.69. The fourth-order valence-electron chi connectivity index (χ4n) is 1.87. The lowest BCUT2D eigenvalue weighted by molar-refractivity contribution is -0.142. The average Bonchev–Trinajstić information content (AvgIpc) is 2.82. The maximum atomic E-state index is 11.2. The van der Waals surface area contributed by atoms with Crippen LogP contribution in [-0.2, 0) is 16.6 Å². The lowest BCUT2D eigenvalue weighted by Gasteiger charge is -2.19. The first-order chi connectivity index (χ1) is 8.50. The van der Waals surface area contributed by atoms with Gasteiger partial charge in [-0.3, -0.25) is 4.79 Å². The maximum absolute atomic E-state index is 11.2. The molecule has 0 radical (unpaired) electrons. The molecule has 0 saturated heterocycles. The molecular weight excluding hydrogens is 226 g/mol. The van der Waals surface area contributed by atoms with E-state index in [4.69, 9.17) is 5.11 Å². The molecule has 0 bridgehead atoms. The van der Waals surface area contributed by atoms with E-state index in [1.807, 2.05) is 42.7 Å². The summed E-state index contributed by atoms with van der Waals surface area (Å²) in [6, 6.07) is 9.82. The Morgan fingerprint density at radius 1 is 1.17 bits per heavy atom. The Labute approximate surface area is 106 Å². The minimum atomic E-state index is -0.841. The van der Waals surface area contributed by atoms with E-state index in [0.717, 1.165) is 12.0 Å². The predicted molar refractivity (Wildman–Crippen MR) is 70.7 cm³/mol.